The molecule has 3 rings (SSSR count). The van der Waals surface area contributed by atoms with Crippen molar-refractivity contribution in [3.05, 3.63) is 68.5 Å². The standard InChI is InChI=1S/C19H16ClNO4/c1-10-5-4-6-15(11(10)2)21-18(22)14-8-12-7-13(20)9-16(24-3)17(12)25-19(14)23/h4-9H,1-3H3,(H,21,22). The molecular formula is C19H16ClNO4. The summed E-state index contributed by atoms with van der Waals surface area (Å²) in [5.74, 6) is -0.204. The number of ether oxygens (including phenoxy) is 1. The van der Waals surface area contributed by atoms with Crippen LogP contribution in [0.5, 0.6) is 5.75 Å². The van der Waals surface area contributed by atoms with Crippen LogP contribution in [0.15, 0.2) is 45.6 Å². The second kappa shape index (κ2) is 6.61. The fourth-order valence-corrected chi connectivity index (χ4v) is 2.77. The van der Waals surface area contributed by atoms with Crippen LogP contribution in [0.2, 0.25) is 5.02 Å². The van der Waals surface area contributed by atoms with E-state index in [4.69, 9.17) is 20.8 Å². The Labute approximate surface area is 149 Å². The van der Waals surface area contributed by atoms with Crippen LogP contribution in [-0.2, 0) is 0 Å². The van der Waals surface area contributed by atoms with Crippen LogP contribution in [0.3, 0.4) is 0 Å². The molecule has 1 heterocycles. The van der Waals surface area contributed by atoms with Gasteiger partial charge in [0.25, 0.3) is 5.91 Å². The topological polar surface area (TPSA) is 68.5 Å². The van der Waals surface area contributed by atoms with Crippen LogP contribution < -0.4 is 15.7 Å². The van der Waals surface area contributed by atoms with Crippen molar-refractivity contribution >= 4 is 34.2 Å². The molecule has 0 bridgehead atoms. The largest absolute Gasteiger partial charge is 0.493 e. The summed E-state index contributed by atoms with van der Waals surface area (Å²) in [6.07, 6.45) is 0. The van der Waals surface area contributed by atoms with Gasteiger partial charge in [0.05, 0.1) is 7.11 Å². The zero-order chi connectivity index (χ0) is 18.1. The minimum absolute atomic E-state index is 0.0993. The van der Waals surface area contributed by atoms with E-state index >= 15 is 0 Å². The molecule has 0 radical (unpaired) electrons. The molecule has 1 amide bonds. The summed E-state index contributed by atoms with van der Waals surface area (Å²) in [4.78, 5) is 24.8. The van der Waals surface area contributed by atoms with Crippen LogP contribution >= 0.6 is 11.6 Å². The number of halogens is 1. The van der Waals surface area contributed by atoms with Crippen LogP contribution in [0.25, 0.3) is 11.0 Å². The number of aryl methyl sites for hydroxylation is 1. The van der Waals surface area contributed by atoms with E-state index in [-0.39, 0.29) is 11.1 Å². The highest BCUT2D eigenvalue weighted by Gasteiger charge is 2.17. The third-order valence-corrected chi connectivity index (χ3v) is 4.30. The molecule has 0 unspecified atom stereocenters. The molecule has 0 aliphatic rings. The highest BCUT2D eigenvalue weighted by molar-refractivity contribution is 6.31. The van der Waals surface area contributed by atoms with E-state index in [1.54, 1.807) is 18.2 Å². The summed E-state index contributed by atoms with van der Waals surface area (Å²) in [6, 6.07) is 10.2. The Morgan fingerprint density at radius 3 is 2.68 bits per heavy atom. The summed E-state index contributed by atoms with van der Waals surface area (Å²) < 4.78 is 10.5. The molecule has 0 saturated carbocycles. The molecule has 6 heteroatoms. The number of nitrogens with one attached hydrogen (secondary N) is 1. The van der Waals surface area contributed by atoms with Crippen molar-refractivity contribution in [1.82, 2.24) is 0 Å². The fourth-order valence-electron chi connectivity index (χ4n) is 2.55. The molecule has 2 aromatic carbocycles. The molecule has 3 aromatic rings. The van der Waals surface area contributed by atoms with Crippen molar-refractivity contribution in [2.75, 3.05) is 12.4 Å². The van der Waals surface area contributed by atoms with Crippen molar-refractivity contribution in [1.29, 1.82) is 0 Å². The Kier molecular flexibility index (Phi) is 4.51. The lowest BCUT2D eigenvalue weighted by atomic mass is 10.1. The van der Waals surface area contributed by atoms with Gasteiger partial charge in [-0.3, -0.25) is 4.79 Å². The van der Waals surface area contributed by atoms with E-state index in [0.29, 0.717) is 21.8 Å². The van der Waals surface area contributed by atoms with E-state index in [2.05, 4.69) is 5.32 Å². The lowest BCUT2D eigenvalue weighted by molar-refractivity contribution is 0.102. The molecule has 1 aromatic heterocycles. The van der Waals surface area contributed by atoms with Gasteiger partial charge in [-0.25, -0.2) is 4.79 Å². The van der Waals surface area contributed by atoms with Crippen LogP contribution in [0.4, 0.5) is 5.69 Å². The second-order valence-corrected chi connectivity index (χ2v) is 6.11. The number of carbonyl (C=O) groups excluding carboxylic acids is 1. The smallest absolute Gasteiger partial charge is 0.349 e. The maximum absolute atomic E-state index is 12.5. The molecule has 0 spiro atoms. The Balaban J connectivity index is 2.06. The molecule has 0 atom stereocenters. The number of methoxy groups -OCH3 is 1. The Morgan fingerprint density at radius 1 is 1.20 bits per heavy atom. The van der Waals surface area contributed by atoms with Crippen molar-refractivity contribution in [3.63, 3.8) is 0 Å². The van der Waals surface area contributed by atoms with E-state index in [0.717, 1.165) is 11.1 Å². The van der Waals surface area contributed by atoms with Crippen molar-refractivity contribution in [3.8, 4) is 5.75 Å². The van der Waals surface area contributed by atoms with Gasteiger partial charge in [0.15, 0.2) is 11.3 Å². The number of fused-ring (bicyclic) bond motifs is 1. The number of anilines is 1. The summed E-state index contributed by atoms with van der Waals surface area (Å²) in [7, 11) is 1.45. The van der Waals surface area contributed by atoms with Gasteiger partial charge in [-0.15, -0.1) is 0 Å². The molecule has 0 saturated heterocycles. The predicted molar refractivity (Wildman–Crippen MR) is 97.9 cm³/mol. The van der Waals surface area contributed by atoms with Gasteiger partial charge >= 0.3 is 5.63 Å². The first-order chi connectivity index (χ1) is 11.9. The average molecular weight is 358 g/mol. The minimum Gasteiger partial charge on any atom is -0.493 e. The Morgan fingerprint density at radius 2 is 1.96 bits per heavy atom. The molecular weight excluding hydrogens is 342 g/mol. The van der Waals surface area contributed by atoms with E-state index < -0.39 is 11.5 Å². The molecule has 1 N–H and O–H groups in total. The third kappa shape index (κ3) is 3.23. The fraction of sp³-hybridized carbons (Fsp3) is 0.158. The number of carbonyl (C=O) groups is 1. The first-order valence-electron chi connectivity index (χ1n) is 7.59. The molecule has 5 nitrogen and oxygen atoms in total. The van der Waals surface area contributed by atoms with E-state index in [1.165, 1.54) is 13.2 Å². The predicted octanol–water partition coefficient (Wildman–Crippen LogP) is 4.32. The SMILES string of the molecule is COc1cc(Cl)cc2cc(C(=O)Nc3cccc(C)c3C)c(=O)oc12. The number of hydrogen-bond donors (Lipinski definition) is 1. The second-order valence-electron chi connectivity index (χ2n) is 5.68. The van der Waals surface area contributed by atoms with Gasteiger partial charge in [0.2, 0.25) is 0 Å². The van der Waals surface area contributed by atoms with Gasteiger partial charge in [-0.2, -0.15) is 0 Å². The zero-order valence-electron chi connectivity index (χ0n) is 14.0. The first kappa shape index (κ1) is 17.0. The quantitative estimate of drug-likeness (QED) is 0.708. The maximum atomic E-state index is 12.5. The van der Waals surface area contributed by atoms with E-state index in [9.17, 15) is 9.59 Å². The van der Waals surface area contributed by atoms with Crippen LogP contribution in [0, 0.1) is 13.8 Å². The third-order valence-electron chi connectivity index (χ3n) is 4.08. The minimum atomic E-state index is -0.740. The van der Waals surface area contributed by atoms with Gasteiger partial charge < -0.3 is 14.5 Å². The van der Waals surface area contributed by atoms with E-state index in [1.807, 2.05) is 26.0 Å². The van der Waals surface area contributed by atoms with Gasteiger partial charge in [0.1, 0.15) is 5.56 Å². The normalized spacial score (nSPS) is 10.7. The maximum Gasteiger partial charge on any atom is 0.349 e. The molecule has 25 heavy (non-hydrogen) atoms. The lowest BCUT2D eigenvalue weighted by Crippen LogP contribution is -2.21. The zero-order valence-corrected chi connectivity index (χ0v) is 14.7. The lowest BCUT2D eigenvalue weighted by Gasteiger charge is -2.10. The van der Waals surface area contributed by atoms with Crippen molar-refractivity contribution < 1.29 is 13.9 Å². The monoisotopic (exact) mass is 357 g/mol. The van der Waals surface area contributed by atoms with Crippen LogP contribution in [0.1, 0.15) is 21.5 Å². The van der Waals surface area contributed by atoms with Crippen LogP contribution in [-0.4, -0.2) is 13.0 Å². The number of rotatable bonds is 3. The average Bonchev–Trinajstić information content (AvgIpc) is 2.58. The summed E-state index contributed by atoms with van der Waals surface area (Å²) in [5, 5.41) is 3.68. The summed E-state index contributed by atoms with van der Waals surface area (Å²) in [6.45, 7) is 3.85. The first-order valence-corrected chi connectivity index (χ1v) is 7.97. The molecule has 0 fully saturated rings. The van der Waals surface area contributed by atoms with Gasteiger partial charge in [-0.05, 0) is 43.2 Å². The Hall–Kier alpha value is -2.79. The number of hydrogen-bond acceptors (Lipinski definition) is 4. The van der Waals surface area contributed by atoms with Crippen molar-refractivity contribution in [2.45, 2.75) is 13.8 Å². The highest BCUT2D eigenvalue weighted by atomic mass is 35.5. The number of amides is 1. The summed E-state index contributed by atoms with van der Waals surface area (Å²) >= 11 is 6.04. The molecule has 0 aliphatic carbocycles. The Bertz CT molecular complexity index is 1040. The summed E-state index contributed by atoms with van der Waals surface area (Å²) in [5.41, 5.74) is 2.03. The van der Waals surface area contributed by atoms with Gasteiger partial charge in [0, 0.05) is 22.2 Å². The molecule has 0 aliphatic heterocycles. The number of benzene rings is 2. The van der Waals surface area contributed by atoms with Gasteiger partial charge in [-0.1, -0.05) is 23.7 Å². The van der Waals surface area contributed by atoms with Crippen molar-refractivity contribution in [2.24, 2.45) is 0 Å². The highest BCUT2D eigenvalue weighted by Crippen LogP contribution is 2.29. The molecule has 128 valence electrons.